The Morgan fingerprint density at radius 3 is 2.64 bits per heavy atom. The molecule has 0 aliphatic carbocycles. The summed E-state index contributed by atoms with van der Waals surface area (Å²) < 4.78 is 13.5. The number of hydrogen-bond donors (Lipinski definition) is 3. The van der Waals surface area contributed by atoms with Crippen molar-refractivity contribution in [1.29, 1.82) is 0 Å². The first-order valence-corrected chi connectivity index (χ1v) is 10.2. The summed E-state index contributed by atoms with van der Waals surface area (Å²) in [6, 6.07) is 4.86. The minimum Gasteiger partial charge on any atom is -0.361 e. The number of guanidine groups is 1. The molecular formula is C21H35FIN5. The molecular weight excluding hydrogens is 468 g/mol. The van der Waals surface area contributed by atoms with Gasteiger partial charge < -0.3 is 20.5 Å². The molecule has 0 fully saturated rings. The van der Waals surface area contributed by atoms with E-state index in [1.807, 2.05) is 6.20 Å². The van der Waals surface area contributed by atoms with Gasteiger partial charge in [-0.3, -0.25) is 4.99 Å². The lowest BCUT2D eigenvalue weighted by Crippen LogP contribution is -2.38. The molecule has 7 heteroatoms. The summed E-state index contributed by atoms with van der Waals surface area (Å²) in [5.74, 6) is 0.655. The molecule has 5 nitrogen and oxygen atoms in total. The highest BCUT2D eigenvalue weighted by Gasteiger charge is 2.05. The molecule has 0 aliphatic rings. The van der Waals surface area contributed by atoms with E-state index in [1.54, 1.807) is 12.1 Å². The minimum absolute atomic E-state index is 0. The van der Waals surface area contributed by atoms with E-state index in [0.29, 0.717) is 0 Å². The highest BCUT2D eigenvalue weighted by Crippen LogP contribution is 2.19. The van der Waals surface area contributed by atoms with Gasteiger partial charge in [-0.25, -0.2) is 4.39 Å². The van der Waals surface area contributed by atoms with Crippen molar-refractivity contribution in [1.82, 2.24) is 20.5 Å². The molecule has 0 spiro atoms. The number of benzene rings is 1. The summed E-state index contributed by atoms with van der Waals surface area (Å²) in [6.45, 7) is 12.3. The SMILES string of the molecule is CCNC(=NCCCCN(CC)CC)NCCc1c[nH]c2ccc(F)cc12.I. The fourth-order valence-electron chi connectivity index (χ4n) is 3.19. The zero-order valence-corrected chi connectivity index (χ0v) is 19.7. The van der Waals surface area contributed by atoms with E-state index in [2.05, 4.69) is 46.3 Å². The number of nitrogens with one attached hydrogen (secondary N) is 3. The Kier molecular flexibility index (Phi) is 12.1. The Bertz CT molecular complexity index is 712. The first-order chi connectivity index (χ1) is 13.2. The van der Waals surface area contributed by atoms with Crippen molar-refractivity contribution in [2.75, 3.05) is 39.3 Å². The molecule has 0 radical (unpaired) electrons. The summed E-state index contributed by atoms with van der Waals surface area (Å²) >= 11 is 0. The predicted molar refractivity (Wildman–Crippen MR) is 128 cm³/mol. The van der Waals surface area contributed by atoms with E-state index < -0.39 is 0 Å². The van der Waals surface area contributed by atoms with Gasteiger partial charge in [-0.15, -0.1) is 24.0 Å². The second-order valence-electron chi connectivity index (χ2n) is 6.68. The molecule has 28 heavy (non-hydrogen) atoms. The number of hydrogen-bond acceptors (Lipinski definition) is 2. The highest BCUT2D eigenvalue weighted by molar-refractivity contribution is 14.0. The maximum absolute atomic E-state index is 13.5. The molecule has 2 rings (SSSR count). The standard InChI is InChI=1S/C21H34FN5.HI/c1-4-23-21(24-12-7-8-14-27(5-2)6-3)25-13-11-17-16-26-20-10-9-18(22)15-19(17)20;/h9-10,15-16,26H,4-8,11-14H2,1-3H3,(H2,23,24,25);1H. The Balaban J connectivity index is 0.00000392. The Labute approximate surface area is 185 Å². The molecule has 3 N–H and O–H groups in total. The number of H-pyrrole nitrogens is 1. The largest absolute Gasteiger partial charge is 0.361 e. The van der Waals surface area contributed by atoms with E-state index in [4.69, 9.17) is 0 Å². The van der Waals surface area contributed by atoms with Gasteiger partial charge in [-0.2, -0.15) is 0 Å². The second-order valence-corrected chi connectivity index (χ2v) is 6.68. The number of fused-ring (bicyclic) bond motifs is 1. The fourth-order valence-corrected chi connectivity index (χ4v) is 3.19. The molecule has 1 aromatic heterocycles. The number of aliphatic imine (C=N–C) groups is 1. The van der Waals surface area contributed by atoms with Gasteiger partial charge in [0.15, 0.2) is 5.96 Å². The van der Waals surface area contributed by atoms with Gasteiger partial charge in [0.2, 0.25) is 0 Å². The maximum Gasteiger partial charge on any atom is 0.191 e. The number of aromatic amines is 1. The average molecular weight is 503 g/mol. The maximum atomic E-state index is 13.5. The van der Waals surface area contributed by atoms with Crippen LogP contribution in [0.25, 0.3) is 10.9 Å². The normalized spacial score (nSPS) is 11.7. The van der Waals surface area contributed by atoms with Crippen LogP contribution < -0.4 is 10.6 Å². The van der Waals surface area contributed by atoms with E-state index in [-0.39, 0.29) is 29.8 Å². The van der Waals surface area contributed by atoms with Gasteiger partial charge in [0.1, 0.15) is 5.82 Å². The first-order valence-electron chi connectivity index (χ1n) is 10.2. The van der Waals surface area contributed by atoms with Crippen LogP contribution in [0.1, 0.15) is 39.2 Å². The van der Waals surface area contributed by atoms with Crippen LogP contribution in [0.15, 0.2) is 29.4 Å². The Morgan fingerprint density at radius 1 is 1.14 bits per heavy atom. The molecule has 0 saturated carbocycles. The molecule has 0 unspecified atom stereocenters. The monoisotopic (exact) mass is 503 g/mol. The van der Waals surface area contributed by atoms with Crippen LogP contribution in [0.3, 0.4) is 0 Å². The molecule has 158 valence electrons. The van der Waals surface area contributed by atoms with Crippen LogP contribution in [0.2, 0.25) is 0 Å². The molecule has 1 aromatic carbocycles. The summed E-state index contributed by atoms with van der Waals surface area (Å²) in [7, 11) is 0. The quantitative estimate of drug-likeness (QED) is 0.187. The van der Waals surface area contributed by atoms with Gasteiger partial charge in [-0.05, 0) is 69.6 Å². The van der Waals surface area contributed by atoms with Crippen LogP contribution in [-0.4, -0.2) is 55.1 Å². The Morgan fingerprint density at radius 2 is 1.93 bits per heavy atom. The third kappa shape index (κ3) is 7.95. The van der Waals surface area contributed by atoms with E-state index in [0.717, 1.165) is 74.5 Å². The van der Waals surface area contributed by atoms with Crippen molar-refractivity contribution in [3.63, 3.8) is 0 Å². The van der Waals surface area contributed by atoms with Gasteiger partial charge >= 0.3 is 0 Å². The van der Waals surface area contributed by atoms with E-state index in [1.165, 1.54) is 12.5 Å². The molecule has 0 atom stereocenters. The van der Waals surface area contributed by atoms with Crippen LogP contribution in [0.4, 0.5) is 4.39 Å². The van der Waals surface area contributed by atoms with Crippen molar-refractivity contribution < 1.29 is 4.39 Å². The molecule has 0 saturated heterocycles. The summed E-state index contributed by atoms with van der Waals surface area (Å²) in [5.41, 5.74) is 2.09. The zero-order valence-electron chi connectivity index (χ0n) is 17.4. The van der Waals surface area contributed by atoms with Crippen molar-refractivity contribution in [2.24, 2.45) is 4.99 Å². The summed E-state index contributed by atoms with van der Waals surface area (Å²) in [4.78, 5) is 10.3. The van der Waals surface area contributed by atoms with Crippen LogP contribution in [0, 0.1) is 5.82 Å². The van der Waals surface area contributed by atoms with Gasteiger partial charge in [0.05, 0.1) is 0 Å². The zero-order chi connectivity index (χ0) is 19.5. The van der Waals surface area contributed by atoms with Crippen LogP contribution in [-0.2, 0) is 6.42 Å². The van der Waals surface area contributed by atoms with E-state index >= 15 is 0 Å². The van der Waals surface area contributed by atoms with E-state index in [9.17, 15) is 4.39 Å². The number of unbranched alkanes of at least 4 members (excludes halogenated alkanes) is 1. The van der Waals surface area contributed by atoms with Gasteiger partial charge in [-0.1, -0.05) is 13.8 Å². The number of rotatable bonds is 11. The Hall–Kier alpha value is -1.35. The van der Waals surface area contributed by atoms with Crippen molar-refractivity contribution in [3.05, 3.63) is 35.8 Å². The predicted octanol–water partition coefficient (Wildman–Crippen LogP) is 4.14. The number of aromatic nitrogens is 1. The van der Waals surface area contributed by atoms with Crippen LogP contribution >= 0.6 is 24.0 Å². The van der Waals surface area contributed by atoms with Crippen molar-refractivity contribution in [2.45, 2.75) is 40.0 Å². The van der Waals surface area contributed by atoms with Crippen molar-refractivity contribution in [3.8, 4) is 0 Å². The number of nitrogens with zero attached hydrogens (tertiary/aromatic N) is 2. The molecule has 1 heterocycles. The number of halogens is 2. The lowest BCUT2D eigenvalue weighted by Gasteiger charge is -2.17. The molecule has 0 bridgehead atoms. The first kappa shape index (κ1) is 24.7. The second kappa shape index (κ2) is 13.8. The molecule has 0 aliphatic heterocycles. The minimum atomic E-state index is -0.198. The lowest BCUT2D eigenvalue weighted by atomic mass is 10.1. The van der Waals surface area contributed by atoms with Gasteiger partial charge in [0.25, 0.3) is 0 Å². The van der Waals surface area contributed by atoms with Gasteiger partial charge in [0, 0.05) is 36.7 Å². The summed E-state index contributed by atoms with van der Waals surface area (Å²) in [5, 5.41) is 7.63. The third-order valence-corrected chi connectivity index (χ3v) is 4.81. The van der Waals surface area contributed by atoms with Crippen LogP contribution in [0.5, 0.6) is 0 Å². The third-order valence-electron chi connectivity index (χ3n) is 4.81. The summed E-state index contributed by atoms with van der Waals surface area (Å²) in [6.07, 6.45) is 5.04. The van der Waals surface area contributed by atoms with Crippen molar-refractivity contribution >= 4 is 40.8 Å². The molecule has 2 aromatic rings. The topological polar surface area (TPSA) is 55.5 Å². The lowest BCUT2D eigenvalue weighted by molar-refractivity contribution is 0.297. The highest BCUT2D eigenvalue weighted by atomic mass is 127. The fraction of sp³-hybridized carbons (Fsp3) is 0.571. The average Bonchev–Trinajstić information content (AvgIpc) is 3.06. The smallest absolute Gasteiger partial charge is 0.191 e. The molecule has 0 amide bonds.